The lowest BCUT2D eigenvalue weighted by atomic mass is 9.95. The fourth-order valence-corrected chi connectivity index (χ4v) is 6.66. The zero-order valence-corrected chi connectivity index (χ0v) is 29.9. The molecule has 3 aromatic carbocycles. The zero-order chi connectivity index (χ0) is 35.8. The Labute approximate surface area is 297 Å². The summed E-state index contributed by atoms with van der Waals surface area (Å²) in [4.78, 5) is 44.5. The maximum Gasteiger partial charge on any atom is 0.343 e. The number of carbonyl (C=O) groups is 2. The van der Waals surface area contributed by atoms with Gasteiger partial charge in [0.15, 0.2) is 34.4 Å². The summed E-state index contributed by atoms with van der Waals surface area (Å²) in [6.45, 7) is 7.84. The Kier molecular flexibility index (Phi) is 12.0. The number of halogens is 1. The molecule has 1 atom stereocenters. The first kappa shape index (κ1) is 36.2. The van der Waals surface area contributed by atoms with Gasteiger partial charge in [-0.15, -0.1) is 0 Å². The van der Waals surface area contributed by atoms with Crippen molar-refractivity contribution in [3.05, 3.63) is 113 Å². The number of hydrogen-bond donors (Lipinski definition) is 0. The number of hydrogen-bond acceptors (Lipinski definition) is 11. The van der Waals surface area contributed by atoms with E-state index >= 15 is 0 Å². The van der Waals surface area contributed by atoms with E-state index in [9.17, 15) is 14.4 Å². The first-order valence-corrected chi connectivity index (χ1v) is 17.2. The molecule has 262 valence electrons. The van der Waals surface area contributed by atoms with Crippen LogP contribution >= 0.6 is 22.9 Å². The van der Waals surface area contributed by atoms with Crippen molar-refractivity contribution in [3.8, 4) is 23.0 Å². The van der Waals surface area contributed by atoms with Gasteiger partial charge in [0.1, 0.15) is 6.61 Å². The number of rotatable bonds is 14. The Morgan fingerprint density at radius 3 is 2.36 bits per heavy atom. The lowest BCUT2D eigenvalue weighted by Crippen LogP contribution is -2.40. The number of carbonyl (C=O) groups excluding carboxylic acids is 2. The predicted octanol–water partition coefficient (Wildman–Crippen LogP) is 5.38. The van der Waals surface area contributed by atoms with Crippen LogP contribution in [0.25, 0.3) is 6.08 Å². The highest BCUT2D eigenvalue weighted by Gasteiger charge is 2.34. The number of allylic oxidation sites excluding steroid dienone is 1. The summed E-state index contributed by atoms with van der Waals surface area (Å²) in [6, 6.07) is 17.3. The first-order valence-electron chi connectivity index (χ1n) is 16.0. The molecular formula is C37H37ClN2O9S. The van der Waals surface area contributed by atoms with Crippen LogP contribution in [0.4, 0.5) is 0 Å². The summed E-state index contributed by atoms with van der Waals surface area (Å²) in [5.41, 5.74) is 2.37. The van der Waals surface area contributed by atoms with Crippen molar-refractivity contribution < 1.29 is 38.0 Å². The largest absolute Gasteiger partial charge is 0.490 e. The second kappa shape index (κ2) is 16.6. The molecule has 0 unspecified atom stereocenters. The minimum Gasteiger partial charge on any atom is -0.490 e. The lowest BCUT2D eigenvalue weighted by Gasteiger charge is -2.25. The van der Waals surface area contributed by atoms with Crippen molar-refractivity contribution in [2.24, 2.45) is 4.99 Å². The number of methoxy groups -OCH3 is 1. The highest BCUT2D eigenvalue weighted by Crippen LogP contribution is 2.38. The number of benzene rings is 3. The normalized spacial score (nSPS) is 14.0. The summed E-state index contributed by atoms with van der Waals surface area (Å²) in [5.74, 6) is 0.291. The van der Waals surface area contributed by atoms with E-state index in [1.807, 2.05) is 37.3 Å². The van der Waals surface area contributed by atoms with Crippen LogP contribution in [0, 0.1) is 0 Å². The predicted molar refractivity (Wildman–Crippen MR) is 189 cm³/mol. The van der Waals surface area contributed by atoms with Gasteiger partial charge < -0.3 is 28.4 Å². The molecule has 11 nitrogen and oxygen atoms in total. The molecule has 13 heteroatoms. The minimum atomic E-state index is -0.905. The van der Waals surface area contributed by atoms with Gasteiger partial charge in [-0.1, -0.05) is 59.3 Å². The third-order valence-electron chi connectivity index (χ3n) is 7.53. The van der Waals surface area contributed by atoms with Crippen LogP contribution in [0.15, 0.2) is 81.7 Å². The molecule has 0 saturated heterocycles. The molecule has 0 radical (unpaired) electrons. The van der Waals surface area contributed by atoms with Gasteiger partial charge in [0.05, 0.1) is 53.8 Å². The van der Waals surface area contributed by atoms with Gasteiger partial charge in [-0.05, 0) is 74.7 Å². The Morgan fingerprint density at radius 1 is 0.920 bits per heavy atom. The Bertz CT molecular complexity index is 2090. The molecule has 1 aromatic heterocycles. The molecule has 4 aromatic rings. The third kappa shape index (κ3) is 8.03. The fraction of sp³-hybridized carbons (Fsp3) is 0.297. The van der Waals surface area contributed by atoms with Crippen LogP contribution in [-0.4, -0.2) is 50.0 Å². The molecule has 5 rings (SSSR count). The molecule has 1 aliphatic heterocycles. The molecular weight excluding hydrogens is 684 g/mol. The van der Waals surface area contributed by atoms with Gasteiger partial charge in [-0.2, -0.15) is 0 Å². The molecule has 0 spiro atoms. The molecule has 0 saturated carbocycles. The van der Waals surface area contributed by atoms with Gasteiger partial charge in [0, 0.05) is 0 Å². The van der Waals surface area contributed by atoms with Crippen LogP contribution < -0.4 is 33.8 Å². The zero-order valence-electron chi connectivity index (χ0n) is 28.3. The van der Waals surface area contributed by atoms with Crippen molar-refractivity contribution >= 4 is 41.0 Å². The molecule has 50 heavy (non-hydrogen) atoms. The Balaban J connectivity index is 1.60. The molecule has 2 heterocycles. The standard InChI is InChI=1S/C37H37ClN2O9S/c1-6-45-28-19-25(14-15-27(28)48-21-31(41)44-5)33-32(36(43)47-8-3)22(4)39-37-40(33)35(42)30(50-37)18-24-16-26(38)34(29(17-24)46-7-2)49-20-23-12-10-9-11-13-23/h9-19,33H,6-8,20-21H2,1-5H3/b30-18-/t33-/m0/s1. The van der Waals surface area contributed by atoms with E-state index < -0.39 is 18.0 Å². The lowest BCUT2D eigenvalue weighted by molar-refractivity contribution is -0.143. The number of fused-ring (bicyclic) bond motifs is 1. The van der Waals surface area contributed by atoms with E-state index in [1.54, 1.807) is 57.2 Å². The maximum absolute atomic E-state index is 14.3. The highest BCUT2D eigenvalue weighted by atomic mass is 35.5. The van der Waals surface area contributed by atoms with E-state index in [4.69, 9.17) is 35.3 Å². The number of aromatic nitrogens is 1. The molecule has 0 N–H and O–H groups in total. The quantitative estimate of drug-likeness (QED) is 0.158. The van der Waals surface area contributed by atoms with Gasteiger partial charge >= 0.3 is 11.9 Å². The van der Waals surface area contributed by atoms with Crippen LogP contribution in [-0.2, 0) is 25.7 Å². The van der Waals surface area contributed by atoms with Crippen molar-refractivity contribution in [1.82, 2.24) is 4.57 Å². The van der Waals surface area contributed by atoms with Crippen LogP contribution in [0.5, 0.6) is 23.0 Å². The van der Waals surface area contributed by atoms with Crippen LogP contribution in [0.1, 0.15) is 50.4 Å². The Hall–Kier alpha value is -5.07. The maximum atomic E-state index is 14.3. The smallest absolute Gasteiger partial charge is 0.343 e. The monoisotopic (exact) mass is 720 g/mol. The van der Waals surface area contributed by atoms with E-state index in [0.717, 1.165) is 5.56 Å². The fourth-order valence-electron chi connectivity index (χ4n) is 5.34. The van der Waals surface area contributed by atoms with E-state index in [0.29, 0.717) is 74.0 Å². The number of nitrogens with zero attached hydrogens (tertiary/aromatic N) is 2. The number of ether oxygens (including phenoxy) is 6. The topological polar surface area (TPSA) is 124 Å². The van der Waals surface area contributed by atoms with Gasteiger partial charge in [0.2, 0.25) is 0 Å². The molecule has 0 fully saturated rings. The minimum absolute atomic E-state index is 0.130. The second-order valence-electron chi connectivity index (χ2n) is 10.8. The molecule has 1 aliphatic rings. The average molecular weight is 721 g/mol. The van der Waals surface area contributed by atoms with Crippen LogP contribution in [0.2, 0.25) is 5.02 Å². The molecule has 0 amide bonds. The van der Waals surface area contributed by atoms with Crippen molar-refractivity contribution in [2.75, 3.05) is 33.5 Å². The second-order valence-corrected chi connectivity index (χ2v) is 12.3. The molecule has 0 bridgehead atoms. The average Bonchev–Trinajstić information content (AvgIpc) is 3.40. The summed E-state index contributed by atoms with van der Waals surface area (Å²) in [5, 5.41) is 0.321. The third-order valence-corrected chi connectivity index (χ3v) is 8.79. The number of esters is 2. The number of thiazole rings is 1. The Morgan fingerprint density at radius 2 is 1.66 bits per heavy atom. The summed E-state index contributed by atoms with van der Waals surface area (Å²) in [7, 11) is 1.27. The van der Waals surface area contributed by atoms with Crippen LogP contribution in [0.3, 0.4) is 0 Å². The summed E-state index contributed by atoms with van der Waals surface area (Å²) >= 11 is 7.90. The van der Waals surface area contributed by atoms with Gasteiger partial charge in [0.25, 0.3) is 5.56 Å². The van der Waals surface area contributed by atoms with E-state index in [-0.39, 0.29) is 24.3 Å². The highest BCUT2D eigenvalue weighted by molar-refractivity contribution is 7.07. The first-order chi connectivity index (χ1) is 24.2. The van der Waals surface area contributed by atoms with Gasteiger partial charge in [-0.25, -0.2) is 14.6 Å². The van der Waals surface area contributed by atoms with Crippen molar-refractivity contribution in [1.29, 1.82) is 0 Å². The van der Waals surface area contributed by atoms with E-state index in [2.05, 4.69) is 9.73 Å². The molecule has 0 aliphatic carbocycles. The SMILES string of the molecule is CCOC(=O)C1=C(C)N=c2s/c(=C\c3cc(Cl)c(OCc4ccccc4)c(OCC)c3)c(=O)n2[C@H]1c1ccc(OCC(=O)OC)c(OCC)c1. The van der Waals surface area contributed by atoms with E-state index in [1.165, 1.54) is 23.0 Å². The van der Waals surface area contributed by atoms with Gasteiger partial charge in [-0.3, -0.25) is 9.36 Å². The van der Waals surface area contributed by atoms with Crippen molar-refractivity contribution in [2.45, 2.75) is 40.3 Å². The van der Waals surface area contributed by atoms with Crippen molar-refractivity contribution in [3.63, 3.8) is 0 Å². The summed E-state index contributed by atoms with van der Waals surface area (Å²) < 4.78 is 35.4. The summed E-state index contributed by atoms with van der Waals surface area (Å²) in [6.07, 6.45) is 1.70.